The highest BCUT2D eigenvalue weighted by Crippen LogP contribution is 2.48. The Kier molecular flexibility index (Phi) is 8.87. The molecule has 3 aliphatic carbocycles. The van der Waals surface area contributed by atoms with E-state index >= 15 is 0 Å². The highest BCUT2D eigenvalue weighted by Gasteiger charge is 2.58. The van der Waals surface area contributed by atoms with Crippen LogP contribution in [0, 0.1) is 68.0 Å². The molecule has 4 rings (SSSR count). The summed E-state index contributed by atoms with van der Waals surface area (Å²) in [5, 5.41) is 47.9. The van der Waals surface area contributed by atoms with E-state index in [-0.39, 0.29) is 0 Å². The van der Waals surface area contributed by atoms with Gasteiger partial charge in [0.15, 0.2) is 0 Å². The quantitative estimate of drug-likeness (QED) is 0.364. The first kappa shape index (κ1) is 40.1. The van der Waals surface area contributed by atoms with Crippen molar-refractivity contribution in [3.05, 3.63) is 64.8 Å². The molecule has 0 aromatic heterocycles. The molecule has 0 fully saturated rings. The molecule has 276 valence electrons. The molecule has 0 radical (unpaired) electrons. The second kappa shape index (κ2) is 11.9. The molecule has 0 spiro atoms. The van der Waals surface area contributed by atoms with Crippen LogP contribution in [0.3, 0.4) is 0 Å². The van der Waals surface area contributed by atoms with E-state index in [0.717, 1.165) is 0 Å². The van der Waals surface area contributed by atoms with Crippen molar-refractivity contribution >= 4 is 33.4 Å². The predicted molar refractivity (Wildman–Crippen MR) is 136 cm³/mol. The van der Waals surface area contributed by atoms with E-state index in [1.54, 1.807) is 0 Å². The highest BCUT2D eigenvalue weighted by atomic mass is 19.4. The Bertz CT molecular complexity index is 2240. The van der Waals surface area contributed by atoms with Crippen LogP contribution in [0.5, 0.6) is 0 Å². The lowest BCUT2D eigenvalue weighted by atomic mass is 9.95. The second-order valence-corrected chi connectivity index (χ2v) is 10.4. The van der Waals surface area contributed by atoms with Crippen LogP contribution in [0.4, 0.5) is 79.0 Å². The molecule has 0 bridgehead atoms. The van der Waals surface area contributed by atoms with Crippen molar-refractivity contribution in [3.63, 3.8) is 0 Å². The third-order valence-electron chi connectivity index (χ3n) is 7.62. The van der Waals surface area contributed by atoms with Gasteiger partial charge in [-0.15, -0.1) is 0 Å². The molecule has 0 unspecified atom stereocenters. The normalized spacial score (nSPS) is 15.9. The van der Waals surface area contributed by atoms with Gasteiger partial charge in [-0.25, -0.2) is 0 Å². The fraction of sp³-hybridized carbons (Fsp3) is 0.200. The van der Waals surface area contributed by atoms with Crippen LogP contribution in [0.25, 0.3) is 33.4 Å². The van der Waals surface area contributed by atoms with Crippen LogP contribution in [0.1, 0.15) is 0 Å². The summed E-state index contributed by atoms with van der Waals surface area (Å²) in [5.74, 6) is 0. The Labute approximate surface area is 282 Å². The van der Waals surface area contributed by atoms with Gasteiger partial charge in [0.05, 0.1) is 33.4 Å². The number of alkyl halides is 18. The number of halogens is 18. The average Bonchev–Trinajstić information content (AvgIpc) is 3.56. The Morgan fingerprint density at radius 1 is 0.259 bits per heavy atom. The third-order valence-corrected chi connectivity index (χ3v) is 7.62. The van der Waals surface area contributed by atoms with Gasteiger partial charge >= 0.3 is 37.1 Å². The molecule has 0 atom stereocenters. The molecular formula is C30F18N6. The smallest absolute Gasteiger partial charge is 0.192 e. The van der Waals surface area contributed by atoms with Crippen molar-refractivity contribution in [1.29, 1.82) is 31.6 Å². The first-order valence-corrected chi connectivity index (χ1v) is 13.0. The van der Waals surface area contributed by atoms with E-state index in [1.165, 1.54) is 0 Å². The summed E-state index contributed by atoms with van der Waals surface area (Å²) < 4.78 is 254. The van der Waals surface area contributed by atoms with E-state index in [0.29, 0.717) is 36.4 Å². The highest BCUT2D eigenvalue weighted by molar-refractivity contribution is 6.08. The number of nitriles is 6. The number of hydrogen-bond donors (Lipinski definition) is 0. The standard InChI is InChI=1S/C30F18N6/c31-25(32,33)22(26(34,35)36)13-7(1-49)16-17(8(13)2-50)19-11(5-53)15(24(29(43,44)45)30(46,47)48)12(6-54)21(19)20-10(4-52)14(9(3-51)18(16)20)23(27(37,38)39)28(40,41)42. The largest absolute Gasteiger partial charge is 0.421 e. The molecule has 54 heavy (non-hydrogen) atoms. The average molecular weight is 786 g/mol. The van der Waals surface area contributed by atoms with Gasteiger partial charge in [0.2, 0.25) is 0 Å². The van der Waals surface area contributed by atoms with Crippen molar-refractivity contribution in [2.75, 3.05) is 0 Å². The van der Waals surface area contributed by atoms with Crippen LogP contribution in [-0.2, 0) is 0 Å². The molecule has 0 aliphatic heterocycles. The van der Waals surface area contributed by atoms with E-state index in [4.69, 9.17) is 0 Å². The summed E-state index contributed by atoms with van der Waals surface area (Å²) in [6, 6.07) is 4.07. The van der Waals surface area contributed by atoms with Gasteiger partial charge in [-0.3, -0.25) is 0 Å². The summed E-state index contributed by atoms with van der Waals surface area (Å²) in [6.45, 7) is 0. The minimum absolute atomic E-state index is 0.678. The van der Waals surface area contributed by atoms with E-state index in [2.05, 4.69) is 0 Å². The van der Waals surface area contributed by atoms with Gasteiger partial charge in [0.1, 0.15) is 53.1 Å². The molecule has 6 nitrogen and oxygen atoms in total. The maximum absolute atomic E-state index is 14.1. The van der Waals surface area contributed by atoms with Crippen molar-refractivity contribution in [2.45, 2.75) is 37.1 Å². The maximum atomic E-state index is 14.1. The fourth-order valence-corrected chi connectivity index (χ4v) is 6.13. The molecule has 0 amide bonds. The lowest BCUT2D eigenvalue weighted by Gasteiger charge is -2.18. The van der Waals surface area contributed by atoms with Crippen LogP contribution in [0.15, 0.2) is 33.4 Å². The summed E-state index contributed by atoms with van der Waals surface area (Å²) in [4.78, 5) is 0. The van der Waals surface area contributed by atoms with Gasteiger partial charge < -0.3 is 0 Å². The predicted octanol–water partition coefficient (Wildman–Crippen LogP) is 4.04. The molecule has 0 saturated carbocycles. The topological polar surface area (TPSA) is 143 Å². The molecule has 24 heteroatoms. The Balaban J connectivity index is 2.95. The summed E-state index contributed by atoms with van der Waals surface area (Å²) in [7, 11) is 0. The van der Waals surface area contributed by atoms with E-state index < -0.39 is 135 Å². The third kappa shape index (κ3) is 5.67. The van der Waals surface area contributed by atoms with Crippen molar-refractivity contribution in [1.82, 2.24) is 0 Å². The zero-order valence-electron chi connectivity index (χ0n) is 24.5. The summed E-state index contributed by atoms with van der Waals surface area (Å²) in [6.07, 6.45) is -40.3. The molecule has 1 aromatic carbocycles. The molecule has 0 heterocycles. The van der Waals surface area contributed by atoms with Gasteiger partial charge in [0, 0.05) is 48.0 Å². The number of benzene rings is 1. The minimum Gasteiger partial charge on any atom is -0.192 e. The summed E-state index contributed by atoms with van der Waals surface area (Å²) in [5.41, 5.74) is -32.7. The first-order chi connectivity index (χ1) is 24.4. The number of nitrogens with zero attached hydrogens (tertiary/aromatic N) is 6. The molecule has 1 aromatic rings. The maximum Gasteiger partial charge on any atom is 0.421 e. The Morgan fingerprint density at radius 3 is 0.444 bits per heavy atom. The zero-order valence-corrected chi connectivity index (χ0v) is 24.5. The first-order valence-electron chi connectivity index (χ1n) is 13.0. The van der Waals surface area contributed by atoms with Crippen molar-refractivity contribution < 1.29 is 79.0 Å². The van der Waals surface area contributed by atoms with Gasteiger partial charge in [-0.2, -0.15) is 111 Å². The molecule has 0 saturated heterocycles. The number of hydrogen-bond acceptors (Lipinski definition) is 6. The van der Waals surface area contributed by atoms with E-state index in [1.807, 2.05) is 0 Å². The lowest BCUT2D eigenvalue weighted by Crippen LogP contribution is -2.65. The number of allylic oxidation sites excluding steroid dienone is 6. The van der Waals surface area contributed by atoms with E-state index in [9.17, 15) is 111 Å². The monoisotopic (exact) mass is 786 g/mol. The van der Waals surface area contributed by atoms with Crippen molar-refractivity contribution in [2.24, 2.45) is 0 Å². The number of fused-ring (bicyclic) bond motifs is 6. The number of rotatable bonds is 0. The van der Waals surface area contributed by atoms with Crippen LogP contribution in [0.2, 0.25) is 0 Å². The lowest BCUT2D eigenvalue weighted by molar-refractivity contribution is -0.174. The Morgan fingerprint density at radius 2 is 0.370 bits per heavy atom. The molecule has 3 aliphatic rings. The Hall–Kier alpha value is -6.66. The van der Waals surface area contributed by atoms with Gasteiger partial charge in [0.25, 0.3) is 0 Å². The molecule has 0 N–H and O–H groups in total. The van der Waals surface area contributed by atoms with Crippen molar-refractivity contribution in [3.8, 4) is 36.4 Å². The zero-order chi connectivity index (χ0) is 41.6. The molecular weight excluding hydrogens is 786 g/mol. The minimum atomic E-state index is -6.72. The van der Waals surface area contributed by atoms with Gasteiger partial charge in [-0.1, -0.05) is 0 Å². The van der Waals surface area contributed by atoms with Gasteiger partial charge in [-0.05, 0) is 0 Å². The van der Waals surface area contributed by atoms with Crippen LogP contribution < -0.4 is 31.3 Å². The van der Waals surface area contributed by atoms with Crippen LogP contribution >= 0.6 is 0 Å². The second-order valence-electron chi connectivity index (χ2n) is 10.4. The SMILES string of the molecule is N#CC1=c2c3c(c4c(c2=C(C#N)C1=C(C(F)(F)F)C(F)(F)F)=C(C#N)C(=C(C(F)(F)F)C(F)(F)F)C=4C#N)=C(C#N)C(=C(C(F)(F)F)C(F)(F)F)C=3C#N. The fourth-order valence-electron chi connectivity index (χ4n) is 6.13. The van der Waals surface area contributed by atoms with Crippen LogP contribution in [-0.4, -0.2) is 37.1 Å². The summed E-state index contributed by atoms with van der Waals surface area (Å²) >= 11 is 0.